The molecule has 0 radical (unpaired) electrons. The largest absolute Gasteiger partial charge is 0.207 e. The second kappa shape index (κ2) is 3.10. The minimum absolute atomic E-state index is 0.132. The Kier molecular flexibility index (Phi) is 1.94. The smallest absolute Gasteiger partial charge is 0.123 e. The summed E-state index contributed by atoms with van der Waals surface area (Å²) in [5, 5.41) is 0. The quantitative estimate of drug-likeness (QED) is 0.556. The van der Waals surface area contributed by atoms with Crippen LogP contribution < -0.4 is 0 Å². The zero-order chi connectivity index (χ0) is 8.39. The predicted molar refractivity (Wildman–Crippen MR) is 47.5 cm³/mol. The summed E-state index contributed by atoms with van der Waals surface area (Å²) in [6.45, 7) is 0. The molecule has 0 amide bonds. The van der Waals surface area contributed by atoms with E-state index in [1.165, 1.54) is 6.07 Å². The van der Waals surface area contributed by atoms with E-state index >= 15 is 0 Å². The number of benzene rings is 1. The Hall–Kier alpha value is -1.11. The van der Waals surface area contributed by atoms with Crippen molar-refractivity contribution in [2.75, 3.05) is 0 Å². The lowest BCUT2D eigenvalue weighted by molar-refractivity contribution is 0.623. The summed E-state index contributed by atoms with van der Waals surface area (Å²) in [5.74, 6) is 0.313. The van der Waals surface area contributed by atoms with Crippen molar-refractivity contribution in [3.8, 4) is 0 Å². The first-order chi connectivity index (χ1) is 5.86. The fourth-order valence-electron chi connectivity index (χ4n) is 1.65. The van der Waals surface area contributed by atoms with Crippen LogP contribution in [0.1, 0.15) is 24.3 Å². The van der Waals surface area contributed by atoms with Crippen LogP contribution in [0.2, 0.25) is 0 Å². The molecule has 0 fully saturated rings. The molecule has 0 spiro atoms. The number of hydrogen-bond donors (Lipinski definition) is 0. The molecular weight excluding hydrogens is 151 g/mol. The van der Waals surface area contributed by atoms with Crippen LogP contribution in [0.15, 0.2) is 36.4 Å². The van der Waals surface area contributed by atoms with Crippen LogP contribution in [0.3, 0.4) is 0 Å². The van der Waals surface area contributed by atoms with Crippen LogP contribution in [0.5, 0.6) is 0 Å². The van der Waals surface area contributed by atoms with Crippen molar-refractivity contribution in [2.24, 2.45) is 0 Å². The van der Waals surface area contributed by atoms with E-state index in [4.69, 9.17) is 0 Å². The van der Waals surface area contributed by atoms with Crippen molar-refractivity contribution in [2.45, 2.75) is 18.8 Å². The van der Waals surface area contributed by atoms with E-state index in [9.17, 15) is 4.39 Å². The normalized spacial score (nSPS) is 21.6. The molecule has 1 aliphatic rings. The second-order valence-corrected chi connectivity index (χ2v) is 3.17. The third-order valence-corrected chi connectivity index (χ3v) is 2.29. The third-order valence-electron chi connectivity index (χ3n) is 2.29. The van der Waals surface area contributed by atoms with Crippen molar-refractivity contribution in [3.05, 3.63) is 47.8 Å². The molecule has 1 atom stereocenters. The Morgan fingerprint density at radius 2 is 2.25 bits per heavy atom. The van der Waals surface area contributed by atoms with Crippen LogP contribution in [0.25, 0.3) is 0 Å². The molecule has 0 N–H and O–H groups in total. The molecule has 1 aromatic carbocycles. The molecule has 2 rings (SSSR count). The van der Waals surface area contributed by atoms with Gasteiger partial charge in [0, 0.05) is 5.92 Å². The molecule has 0 nitrogen and oxygen atoms in total. The lowest BCUT2D eigenvalue weighted by Gasteiger charge is -2.06. The molecule has 1 aromatic rings. The van der Waals surface area contributed by atoms with E-state index in [0.717, 1.165) is 18.4 Å². The predicted octanol–water partition coefficient (Wildman–Crippen LogP) is 3.26. The highest BCUT2D eigenvalue weighted by Gasteiger charge is 2.11. The summed E-state index contributed by atoms with van der Waals surface area (Å²) in [7, 11) is 0. The van der Waals surface area contributed by atoms with Gasteiger partial charge < -0.3 is 0 Å². The number of hydrogen-bond acceptors (Lipinski definition) is 0. The zero-order valence-electron chi connectivity index (χ0n) is 6.83. The van der Waals surface area contributed by atoms with E-state index in [2.05, 4.69) is 12.2 Å². The first kappa shape index (κ1) is 7.53. The molecule has 0 saturated heterocycles. The standard InChI is InChI=1S/C11H11F/c12-11-7-3-6-10(8-11)9-4-1-2-5-9/h1,3-4,6-9H,2,5H2. The number of halogens is 1. The van der Waals surface area contributed by atoms with Gasteiger partial charge in [0.15, 0.2) is 0 Å². The van der Waals surface area contributed by atoms with E-state index in [1.807, 2.05) is 6.07 Å². The Labute approximate surface area is 71.7 Å². The summed E-state index contributed by atoms with van der Waals surface area (Å²) >= 11 is 0. The van der Waals surface area contributed by atoms with Gasteiger partial charge in [0.1, 0.15) is 5.82 Å². The lowest BCUT2D eigenvalue weighted by Crippen LogP contribution is -1.90. The van der Waals surface area contributed by atoms with Crippen molar-refractivity contribution in [3.63, 3.8) is 0 Å². The van der Waals surface area contributed by atoms with Gasteiger partial charge in [0.05, 0.1) is 0 Å². The SMILES string of the molecule is Fc1cccc(C2C=CCC2)c1. The van der Waals surface area contributed by atoms with Crippen molar-refractivity contribution in [1.29, 1.82) is 0 Å². The van der Waals surface area contributed by atoms with Crippen LogP contribution >= 0.6 is 0 Å². The highest BCUT2D eigenvalue weighted by Crippen LogP contribution is 2.28. The third kappa shape index (κ3) is 1.40. The molecule has 0 heterocycles. The summed E-state index contributed by atoms with van der Waals surface area (Å²) in [5.41, 5.74) is 1.10. The van der Waals surface area contributed by atoms with Gasteiger partial charge >= 0.3 is 0 Å². The van der Waals surface area contributed by atoms with Crippen LogP contribution in [-0.4, -0.2) is 0 Å². The molecule has 1 heteroatoms. The molecule has 0 bridgehead atoms. The van der Waals surface area contributed by atoms with Crippen LogP contribution in [0.4, 0.5) is 4.39 Å². The highest BCUT2D eigenvalue weighted by molar-refractivity contribution is 5.26. The van der Waals surface area contributed by atoms with Crippen LogP contribution in [-0.2, 0) is 0 Å². The van der Waals surface area contributed by atoms with E-state index in [0.29, 0.717) is 5.92 Å². The van der Waals surface area contributed by atoms with Gasteiger partial charge in [0.25, 0.3) is 0 Å². The van der Waals surface area contributed by atoms with Gasteiger partial charge in [-0.3, -0.25) is 0 Å². The monoisotopic (exact) mass is 162 g/mol. The average molecular weight is 162 g/mol. The fraction of sp³-hybridized carbons (Fsp3) is 0.273. The maximum atomic E-state index is 12.8. The minimum Gasteiger partial charge on any atom is -0.207 e. The lowest BCUT2D eigenvalue weighted by atomic mass is 9.99. The van der Waals surface area contributed by atoms with Gasteiger partial charge in [-0.25, -0.2) is 4.39 Å². The fourth-order valence-corrected chi connectivity index (χ4v) is 1.65. The second-order valence-electron chi connectivity index (χ2n) is 3.17. The Morgan fingerprint density at radius 3 is 2.92 bits per heavy atom. The van der Waals surface area contributed by atoms with E-state index in [1.54, 1.807) is 12.1 Å². The molecule has 1 aliphatic carbocycles. The maximum Gasteiger partial charge on any atom is 0.123 e. The van der Waals surface area contributed by atoms with Crippen molar-refractivity contribution >= 4 is 0 Å². The van der Waals surface area contributed by atoms with E-state index < -0.39 is 0 Å². The van der Waals surface area contributed by atoms with Gasteiger partial charge in [0.2, 0.25) is 0 Å². The summed E-state index contributed by atoms with van der Waals surface area (Å²) in [6, 6.07) is 6.88. The Balaban J connectivity index is 2.27. The van der Waals surface area contributed by atoms with Gasteiger partial charge in [-0.15, -0.1) is 0 Å². The van der Waals surface area contributed by atoms with Crippen molar-refractivity contribution in [1.82, 2.24) is 0 Å². The zero-order valence-corrected chi connectivity index (χ0v) is 6.83. The van der Waals surface area contributed by atoms with Crippen LogP contribution in [0, 0.1) is 5.82 Å². The first-order valence-electron chi connectivity index (χ1n) is 4.28. The molecule has 12 heavy (non-hydrogen) atoms. The van der Waals surface area contributed by atoms with Crippen molar-refractivity contribution < 1.29 is 4.39 Å². The summed E-state index contributed by atoms with van der Waals surface area (Å²) in [4.78, 5) is 0. The average Bonchev–Trinajstić information content (AvgIpc) is 2.56. The Bertz CT molecular complexity index is 302. The minimum atomic E-state index is -0.132. The molecule has 0 saturated carbocycles. The van der Waals surface area contributed by atoms with E-state index in [-0.39, 0.29) is 5.82 Å². The molecular formula is C11H11F. The summed E-state index contributed by atoms with van der Waals surface area (Å²) < 4.78 is 12.8. The molecule has 0 aromatic heterocycles. The Morgan fingerprint density at radius 1 is 1.33 bits per heavy atom. The maximum absolute atomic E-state index is 12.8. The van der Waals surface area contributed by atoms with Gasteiger partial charge in [-0.2, -0.15) is 0 Å². The first-order valence-corrected chi connectivity index (χ1v) is 4.28. The molecule has 1 unspecified atom stereocenters. The van der Waals surface area contributed by atoms with Gasteiger partial charge in [-0.1, -0.05) is 24.3 Å². The molecule has 0 aliphatic heterocycles. The summed E-state index contributed by atoms with van der Waals surface area (Å²) in [6.07, 6.45) is 6.58. The topological polar surface area (TPSA) is 0 Å². The highest BCUT2D eigenvalue weighted by atomic mass is 19.1. The molecule has 62 valence electrons. The number of allylic oxidation sites excluding steroid dienone is 2. The number of rotatable bonds is 1. The van der Waals surface area contributed by atoms with Gasteiger partial charge in [-0.05, 0) is 30.5 Å².